The summed E-state index contributed by atoms with van der Waals surface area (Å²) in [6.07, 6.45) is 0.205. The van der Waals surface area contributed by atoms with Gasteiger partial charge in [-0.2, -0.15) is 0 Å². The first-order valence-corrected chi connectivity index (χ1v) is 10.5. The van der Waals surface area contributed by atoms with Gasteiger partial charge in [-0.3, -0.25) is 9.69 Å². The summed E-state index contributed by atoms with van der Waals surface area (Å²) < 4.78 is 5.66. The number of hydrogen-bond acceptors (Lipinski definition) is 4. The molecule has 0 aromatic heterocycles. The molecule has 0 aliphatic carbocycles. The van der Waals surface area contributed by atoms with E-state index in [1.54, 1.807) is 0 Å². The molecule has 0 spiro atoms. The Hall–Kier alpha value is -2.21. The molecule has 156 valence electrons. The number of carbonyl (C=O) groups is 1. The molecule has 5 nitrogen and oxygen atoms in total. The molecule has 0 saturated carbocycles. The molecule has 5 heteroatoms. The molecule has 3 rings (SSSR count). The molecule has 1 fully saturated rings. The second-order valence-electron chi connectivity index (χ2n) is 8.16. The highest BCUT2D eigenvalue weighted by molar-refractivity contribution is 5.78. The predicted octanol–water partition coefficient (Wildman–Crippen LogP) is 2.90. The molecule has 0 unspecified atom stereocenters. The van der Waals surface area contributed by atoms with Crippen molar-refractivity contribution in [2.75, 3.05) is 26.2 Å². The molecule has 2 aromatic rings. The number of nitrogens with zero attached hydrogens (tertiary/aromatic N) is 1. The monoisotopic (exact) mass is 395 g/mol. The van der Waals surface area contributed by atoms with Gasteiger partial charge >= 0.3 is 0 Å². The first-order chi connectivity index (χ1) is 14.0. The van der Waals surface area contributed by atoms with E-state index in [1.165, 1.54) is 5.56 Å². The smallest absolute Gasteiger partial charge is 0.234 e. The van der Waals surface area contributed by atoms with Crippen LogP contribution in [0, 0.1) is 5.92 Å². The molecule has 2 atom stereocenters. The van der Waals surface area contributed by atoms with E-state index < -0.39 is 0 Å². The van der Waals surface area contributed by atoms with Crippen LogP contribution in [0.2, 0.25) is 0 Å². The van der Waals surface area contributed by atoms with Crippen molar-refractivity contribution < 1.29 is 9.53 Å². The third-order valence-corrected chi connectivity index (χ3v) is 5.48. The van der Waals surface area contributed by atoms with Crippen molar-refractivity contribution >= 4 is 5.91 Å². The second-order valence-corrected chi connectivity index (χ2v) is 8.16. The number of rotatable bonds is 9. The van der Waals surface area contributed by atoms with Gasteiger partial charge in [0.25, 0.3) is 0 Å². The highest BCUT2D eigenvalue weighted by atomic mass is 16.5. The van der Waals surface area contributed by atoms with Crippen LogP contribution >= 0.6 is 0 Å². The van der Waals surface area contributed by atoms with Crippen LogP contribution in [0.4, 0.5) is 0 Å². The van der Waals surface area contributed by atoms with Crippen molar-refractivity contribution in [2.45, 2.75) is 39.0 Å². The van der Waals surface area contributed by atoms with E-state index in [0.29, 0.717) is 38.1 Å². The Kier molecular flexibility index (Phi) is 7.81. The maximum absolute atomic E-state index is 12.5. The van der Waals surface area contributed by atoms with E-state index in [0.717, 1.165) is 24.2 Å². The van der Waals surface area contributed by atoms with Crippen LogP contribution in [0.1, 0.15) is 36.5 Å². The summed E-state index contributed by atoms with van der Waals surface area (Å²) in [4.78, 5) is 14.7. The molecule has 0 bridgehead atoms. The molecular formula is C24H33N3O2. The lowest BCUT2D eigenvalue weighted by molar-refractivity contribution is -0.122. The van der Waals surface area contributed by atoms with Crippen LogP contribution in [-0.2, 0) is 22.7 Å². The second kappa shape index (κ2) is 10.5. The van der Waals surface area contributed by atoms with E-state index >= 15 is 0 Å². The number of benzene rings is 2. The highest BCUT2D eigenvalue weighted by Gasteiger charge is 2.33. The third-order valence-electron chi connectivity index (χ3n) is 5.48. The van der Waals surface area contributed by atoms with Gasteiger partial charge in [-0.25, -0.2) is 0 Å². The van der Waals surface area contributed by atoms with Gasteiger partial charge in [0, 0.05) is 25.6 Å². The summed E-state index contributed by atoms with van der Waals surface area (Å²) in [5.74, 6) is 0.841. The highest BCUT2D eigenvalue weighted by Crippen LogP contribution is 2.31. The van der Waals surface area contributed by atoms with Crippen LogP contribution in [-0.4, -0.2) is 43.1 Å². The van der Waals surface area contributed by atoms with Gasteiger partial charge in [0.05, 0.1) is 19.3 Å². The van der Waals surface area contributed by atoms with Gasteiger partial charge in [0.15, 0.2) is 0 Å². The Balaban J connectivity index is 1.49. The Labute approximate surface area is 174 Å². The maximum Gasteiger partial charge on any atom is 0.234 e. The van der Waals surface area contributed by atoms with E-state index in [4.69, 9.17) is 10.5 Å². The van der Waals surface area contributed by atoms with Crippen molar-refractivity contribution in [3.05, 3.63) is 71.3 Å². The van der Waals surface area contributed by atoms with E-state index in [2.05, 4.69) is 46.6 Å². The largest absolute Gasteiger partial charge is 0.374 e. The minimum atomic E-state index is 0.0540. The lowest BCUT2D eigenvalue weighted by Crippen LogP contribution is -2.36. The Morgan fingerprint density at radius 3 is 2.62 bits per heavy atom. The topological polar surface area (TPSA) is 67.6 Å². The number of nitrogens with two attached hydrogens (primary N) is 1. The number of nitrogens with one attached hydrogen (secondary N) is 1. The fourth-order valence-corrected chi connectivity index (χ4v) is 3.96. The van der Waals surface area contributed by atoms with Crippen LogP contribution in [0.15, 0.2) is 54.6 Å². The number of carbonyl (C=O) groups excluding carboxylic acids is 1. The van der Waals surface area contributed by atoms with E-state index in [1.807, 2.05) is 32.0 Å². The van der Waals surface area contributed by atoms with Gasteiger partial charge in [0.2, 0.25) is 5.91 Å². The van der Waals surface area contributed by atoms with Gasteiger partial charge in [-0.15, -0.1) is 0 Å². The van der Waals surface area contributed by atoms with Crippen LogP contribution < -0.4 is 11.1 Å². The van der Waals surface area contributed by atoms with Crippen LogP contribution in [0.5, 0.6) is 0 Å². The van der Waals surface area contributed by atoms with Crippen LogP contribution in [0.25, 0.3) is 0 Å². The average molecular weight is 396 g/mol. The number of ether oxygens (including phenoxy) is 1. The molecule has 29 heavy (non-hydrogen) atoms. The van der Waals surface area contributed by atoms with Crippen molar-refractivity contribution in [1.82, 2.24) is 10.2 Å². The lowest BCUT2D eigenvalue weighted by atomic mass is 9.89. The number of hydrogen-bond donors (Lipinski definition) is 2. The molecule has 3 N–H and O–H groups in total. The van der Waals surface area contributed by atoms with Crippen molar-refractivity contribution in [3.8, 4) is 0 Å². The SMILES string of the molecule is CC(C)OCc1cccc(CNC(=O)CN2C[C@@H](CN)[C@H](c3ccccc3)C2)c1. The van der Waals surface area contributed by atoms with Crippen molar-refractivity contribution in [2.24, 2.45) is 11.7 Å². The summed E-state index contributed by atoms with van der Waals surface area (Å²) in [6, 6.07) is 18.7. The Bertz CT molecular complexity index is 779. The normalized spacial score (nSPS) is 19.6. The average Bonchev–Trinajstić information content (AvgIpc) is 3.14. The molecule has 1 aliphatic heterocycles. The first-order valence-electron chi connectivity index (χ1n) is 10.5. The van der Waals surface area contributed by atoms with E-state index in [9.17, 15) is 4.79 Å². The van der Waals surface area contributed by atoms with Crippen LogP contribution in [0.3, 0.4) is 0 Å². The van der Waals surface area contributed by atoms with Crippen molar-refractivity contribution in [3.63, 3.8) is 0 Å². The molecule has 1 aliphatic rings. The number of likely N-dealkylation sites (tertiary alicyclic amines) is 1. The zero-order valence-electron chi connectivity index (χ0n) is 17.5. The quantitative estimate of drug-likeness (QED) is 0.685. The van der Waals surface area contributed by atoms with Crippen molar-refractivity contribution in [1.29, 1.82) is 0 Å². The Morgan fingerprint density at radius 2 is 1.90 bits per heavy atom. The minimum absolute atomic E-state index is 0.0540. The lowest BCUT2D eigenvalue weighted by Gasteiger charge is -2.16. The summed E-state index contributed by atoms with van der Waals surface area (Å²) in [5.41, 5.74) is 9.54. The third kappa shape index (κ3) is 6.39. The maximum atomic E-state index is 12.5. The summed E-state index contributed by atoms with van der Waals surface area (Å²) in [6.45, 7) is 7.98. The van der Waals surface area contributed by atoms with Gasteiger partial charge < -0.3 is 15.8 Å². The Morgan fingerprint density at radius 1 is 1.14 bits per heavy atom. The standard InChI is InChI=1S/C24H33N3O2/c1-18(2)29-17-20-8-6-7-19(11-20)13-26-24(28)16-27-14-22(12-25)23(15-27)21-9-4-3-5-10-21/h3-11,18,22-23H,12-17,25H2,1-2H3,(H,26,28)/t22-,23+/m1/s1. The number of amides is 1. The zero-order chi connectivity index (χ0) is 20.6. The van der Waals surface area contributed by atoms with Gasteiger partial charge in [-0.05, 0) is 43.0 Å². The van der Waals surface area contributed by atoms with Gasteiger partial charge in [0.1, 0.15) is 0 Å². The molecule has 1 amide bonds. The molecule has 2 aromatic carbocycles. The predicted molar refractivity (Wildman–Crippen MR) is 116 cm³/mol. The summed E-state index contributed by atoms with van der Waals surface area (Å²) in [7, 11) is 0. The molecule has 1 heterocycles. The molecular weight excluding hydrogens is 362 g/mol. The summed E-state index contributed by atoms with van der Waals surface area (Å²) >= 11 is 0. The summed E-state index contributed by atoms with van der Waals surface area (Å²) in [5, 5.41) is 3.05. The van der Waals surface area contributed by atoms with E-state index in [-0.39, 0.29) is 12.0 Å². The van der Waals surface area contributed by atoms with Gasteiger partial charge in [-0.1, -0.05) is 54.6 Å². The zero-order valence-corrected chi connectivity index (χ0v) is 17.5. The molecule has 0 radical (unpaired) electrons. The molecule has 1 saturated heterocycles. The fraction of sp³-hybridized carbons (Fsp3) is 0.458. The minimum Gasteiger partial charge on any atom is -0.374 e. The first kappa shape index (κ1) is 21.5. The fourth-order valence-electron chi connectivity index (χ4n) is 3.96.